The molecule has 1 heterocycles. The summed E-state index contributed by atoms with van der Waals surface area (Å²) in [4.78, 5) is 17.9. The summed E-state index contributed by atoms with van der Waals surface area (Å²) in [7, 11) is 1.60. The Bertz CT molecular complexity index is 1260. The molecule has 0 amide bonds. The van der Waals surface area contributed by atoms with Gasteiger partial charge in [-0.15, -0.1) is 0 Å². The van der Waals surface area contributed by atoms with E-state index in [9.17, 15) is 9.18 Å². The Labute approximate surface area is 184 Å². The second kappa shape index (κ2) is 10.1. The number of halogens is 1. The number of ether oxygens (including phenoxy) is 3. The number of para-hydroxylation sites is 2. The SMILES string of the molecule is COc1ccc(-c2nc3ccccc3c(=O)n2CCOCCOc2ccccc2F)cc1. The van der Waals surface area contributed by atoms with Crippen molar-refractivity contribution in [2.24, 2.45) is 0 Å². The number of hydrogen-bond donors (Lipinski definition) is 0. The molecule has 0 N–H and O–H groups in total. The van der Waals surface area contributed by atoms with Crippen molar-refractivity contribution in [1.82, 2.24) is 9.55 Å². The number of fused-ring (bicyclic) bond motifs is 1. The molecule has 0 bridgehead atoms. The van der Waals surface area contributed by atoms with Gasteiger partial charge in [-0.3, -0.25) is 9.36 Å². The molecule has 0 spiro atoms. The molecular formula is C25H23FN2O4. The van der Waals surface area contributed by atoms with Crippen molar-refractivity contribution in [2.75, 3.05) is 26.9 Å². The average molecular weight is 434 g/mol. The van der Waals surface area contributed by atoms with Crippen LogP contribution in [0.4, 0.5) is 4.39 Å². The zero-order valence-corrected chi connectivity index (χ0v) is 17.7. The van der Waals surface area contributed by atoms with E-state index in [-0.39, 0.29) is 31.1 Å². The highest BCUT2D eigenvalue weighted by Crippen LogP contribution is 2.22. The van der Waals surface area contributed by atoms with Crippen LogP contribution in [0.15, 0.2) is 77.6 Å². The smallest absolute Gasteiger partial charge is 0.261 e. The van der Waals surface area contributed by atoms with Crippen LogP contribution in [0.2, 0.25) is 0 Å². The van der Waals surface area contributed by atoms with Crippen LogP contribution in [0.5, 0.6) is 11.5 Å². The Balaban J connectivity index is 1.48. The molecule has 0 unspecified atom stereocenters. The second-order valence-corrected chi connectivity index (χ2v) is 7.03. The Morgan fingerprint density at radius 1 is 0.906 bits per heavy atom. The van der Waals surface area contributed by atoms with Gasteiger partial charge in [0, 0.05) is 5.56 Å². The summed E-state index contributed by atoms with van der Waals surface area (Å²) in [6.45, 7) is 1.07. The van der Waals surface area contributed by atoms with E-state index in [0.29, 0.717) is 23.3 Å². The predicted molar refractivity (Wildman–Crippen MR) is 121 cm³/mol. The molecule has 4 aromatic rings. The molecular weight excluding hydrogens is 411 g/mol. The fourth-order valence-corrected chi connectivity index (χ4v) is 3.37. The van der Waals surface area contributed by atoms with Crippen molar-refractivity contribution in [1.29, 1.82) is 0 Å². The van der Waals surface area contributed by atoms with Crippen LogP contribution in [0.1, 0.15) is 0 Å². The van der Waals surface area contributed by atoms with Gasteiger partial charge in [0.25, 0.3) is 5.56 Å². The molecule has 0 aliphatic heterocycles. The lowest BCUT2D eigenvalue weighted by Gasteiger charge is -2.14. The zero-order chi connectivity index (χ0) is 22.3. The van der Waals surface area contributed by atoms with E-state index in [1.165, 1.54) is 6.07 Å². The molecule has 0 aliphatic carbocycles. The molecule has 1 aromatic heterocycles. The van der Waals surface area contributed by atoms with E-state index >= 15 is 0 Å². The maximum atomic E-state index is 13.6. The first kappa shape index (κ1) is 21.5. The molecule has 0 aliphatic rings. The summed E-state index contributed by atoms with van der Waals surface area (Å²) in [5, 5.41) is 0.549. The third-order valence-electron chi connectivity index (χ3n) is 4.99. The first-order valence-corrected chi connectivity index (χ1v) is 10.3. The Morgan fingerprint density at radius 3 is 2.44 bits per heavy atom. The molecule has 0 fully saturated rings. The third-order valence-corrected chi connectivity index (χ3v) is 4.99. The lowest BCUT2D eigenvalue weighted by molar-refractivity contribution is 0.0927. The summed E-state index contributed by atoms with van der Waals surface area (Å²) < 4.78 is 31.5. The van der Waals surface area contributed by atoms with Gasteiger partial charge in [0.1, 0.15) is 18.2 Å². The van der Waals surface area contributed by atoms with E-state index in [2.05, 4.69) is 0 Å². The van der Waals surface area contributed by atoms with Gasteiger partial charge < -0.3 is 14.2 Å². The maximum Gasteiger partial charge on any atom is 0.261 e. The lowest BCUT2D eigenvalue weighted by atomic mass is 10.1. The summed E-state index contributed by atoms with van der Waals surface area (Å²) >= 11 is 0. The van der Waals surface area contributed by atoms with Crippen LogP contribution in [0.25, 0.3) is 22.3 Å². The second-order valence-electron chi connectivity index (χ2n) is 7.03. The maximum absolute atomic E-state index is 13.6. The molecule has 3 aromatic carbocycles. The summed E-state index contributed by atoms with van der Waals surface area (Å²) in [5.41, 5.74) is 1.31. The molecule has 7 heteroatoms. The van der Waals surface area contributed by atoms with Gasteiger partial charge in [0.05, 0.1) is 37.8 Å². The minimum atomic E-state index is -0.412. The summed E-state index contributed by atoms with van der Waals surface area (Å²) in [6, 6.07) is 20.9. The Kier molecular flexibility index (Phi) is 6.77. The van der Waals surface area contributed by atoms with Crippen molar-refractivity contribution in [3.8, 4) is 22.9 Å². The average Bonchev–Trinajstić information content (AvgIpc) is 2.83. The summed E-state index contributed by atoms with van der Waals surface area (Å²) in [6.07, 6.45) is 0. The first-order chi connectivity index (χ1) is 15.7. The number of methoxy groups -OCH3 is 1. The minimum absolute atomic E-state index is 0.132. The van der Waals surface area contributed by atoms with Crippen molar-refractivity contribution in [3.05, 3.63) is 89.0 Å². The number of nitrogens with zero attached hydrogens (tertiary/aromatic N) is 2. The topological polar surface area (TPSA) is 62.6 Å². The van der Waals surface area contributed by atoms with E-state index in [1.54, 1.807) is 35.9 Å². The predicted octanol–water partition coefficient (Wildman–Crippen LogP) is 4.31. The highest BCUT2D eigenvalue weighted by atomic mass is 19.1. The van der Waals surface area contributed by atoms with E-state index in [4.69, 9.17) is 19.2 Å². The number of aromatic nitrogens is 2. The summed E-state index contributed by atoms with van der Waals surface area (Å²) in [5.74, 6) is 1.06. The van der Waals surface area contributed by atoms with Gasteiger partial charge in [0.2, 0.25) is 0 Å². The van der Waals surface area contributed by atoms with Crippen LogP contribution in [-0.2, 0) is 11.3 Å². The number of benzene rings is 3. The Morgan fingerprint density at radius 2 is 1.66 bits per heavy atom. The van der Waals surface area contributed by atoms with Crippen LogP contribution in [0.3, 0.4) is 0 Å². The zero-order valence-electron chi connectivity index (χ0n) is 17.7. The monoisotopic (exact) mass is 434 g/mol. The van der Waals surface area contributed by atoms with E-state index < -0.39 is 5.82 Å². The van der Waals surface area contributed by atoms with Gasteiger partial charge >= 0.3 is 0 Å². The molecule has 0 atom stereocenters. The van der Waals surface area contributed by atoms with Crippen LogP contribution in [-0.4, -0.2) is 36.5 Å². The molecule has 0 saturated carbocycles. The first-order valence-electron chi connectivity index (χ1n) is 10.3. The fraction of sp³-hybridized carbons (Fsp3) is 0.200. The molecule has 164 valence electrons. The van der Waals surface area contributed by atoms with Gasteiger partial charge in [-0.2, -0.15) is 0 Å². The van der Waals surface area contributed by atoms with Gasteiger partial charge in [0.15, 0.2) is 11.6 Å². The van der Waals surface area contributed by atoms with Crippen LogP contribution >= 0.6 is 0 Å². The number of hydrogen-bond acceptors (Lipinski definition) is 5. The normalized spacial score (nSPS) is 10.9. The largest absolute Gasteiger partial charge is 0.497 e. The highest BCUT2D eigenvalue weighted by Gasteiger charge is 2.13. The van der Waals surface area contributed by atoms with Crippen molar-refractivity contribution >= 4 is 10.9 Å². The van der Waals surface area contributed by atoms with Crippen LogP contribution in [0, 0.1) is 5.82 Å². The van der Waals surface area contributed by atoms with Crippen molar-refractivity contribution in [2.45, 2.75) is 6.54 Å². The number of rotatable bonds is 9. The van der Waals surface area contributed by atoms with Gasteiger partial charge in [-0.1, -0.05) is 24.3 Å². The Hall–Kier alpha value is -3.71. The third kappa shape index (κ3) is 4.78. The lowest BCUT2D eigenvalue weighted by Crippen LogP contribution is -2.26. The molecule has 0 radical (unpaired) electrons. The molecule has 6 nitrogen and oxygen atoms in total. The molecule has 32 heavy (non-hydrogen) atoms. The van der Waals surface area contributed by atoms with Gasteiger partial charge in [-0.05, 0) is 48.5 Å². The minimum Gasteiger partial charge on any atom is -0.497 e. The van der Waals surface area contributed by atoms with Crippen molar-refractivity contribution < 1.29 is 18.6 Å². The van der Waals surface area contributed by atoms with Crippen LogP contribution < -0.4 is 15.0 Å². The van der Waals surface area contributed by atoms with Gasteiger partial charge in [-0.25, -0.2) is 9.37 Å². The highest BCUT2D eigenvalue weighted by molar-refractivity contribution is 5.79. The van der Waals surface area contributed by atoms with E-state index in [1.807, 2.05) is 42.5 Å². The molecule has 4 rings (SSSR count). The van der Waals surface area contributed by atoms with E-state index in [0.717, 1.165) is 11.3 Å². The molecule has 0 saturated heterocycles. The fourth-order valence-electron chi connectivity index (χ4n) is 3.37. The standard InChI is InChI=1S/C25H23FN2O4/c1-30-19-12-10-18(11-13-19)24-27-22-8-4-2-6-20(22)25(29)28(24)14-15-31-16-17-32-23-9-5-3-7-21(23)26/h2-13H,14-17H2,1H3. The quantitative estimate of drug-likeness (QED) is 0.368. The van der Waals surface area contributed by atoms with Crippen molar-refractivity contribution in [3.63, 3.8) is 0 Å².